The molecule has 0 radical (unpaired) electrons. The molecule has 1 aromatic heterocycles. The normalized spacial score (nSPS) is 11.0. The van der Waals surface area contributed by atoms with Crippen LogP contribution in [-0.2, 0) is 13.2 Å². The second-order valence-corrected chi connectivity index (χ2v) is 6.48. The third-order valence-corrected chi connectivity index (χ3v) is 4.46. The van der Waals surface area contributed by atoms with Gasteiger partial charge in [-0.1, -0.05) is 23.7 Å². The molecule has 0 N–H and O–H groups in total. The Bertz CT molecular complexity index is 978. The molecule has 0 saturated heterocycles. The molecule has 0 fully saturated rings. The van der Waals surface area contributed by atoms with Crippen LogP contribution in [0.2, 0.25) is 5.02 Å². The predicted molar refractivity (Wildman–Crippen MR) is 110 cm³/mol. The second-order valence-electron chi connectivity index (χ2n) is 6.04. The number of aromatic nitrogens is 2. The van der Waals surface area contributed by atoms with Crippen molar-refractivity contribution in [3.8, 4) is 11.5 Å². The van der Waals surface area contributed by atoms with Gasteiger partial charge in [-0.2, -0.15) is 5.10 Å². The number of allylic oxidation sites excluding steroid dienone is 1. The minimum Gasteiger partial charge on any atom is -0.496 e. The molecule has 0 saturated carbocycles. The third kappa shape index (κ3) is 4.81. The van der Waals surface area contributed by atoms with Gasteiger partial charge in [0.1, 0.15) is 23.8 Å². The van der Waals surface area contributed by atoms with Gasteiger partial charge in [-0.05, 0) is 61.0 Å². The van der Waals surface area contributed by atoms with Gasteiger partial charge in [-0.15, -0.1) is 0 Å². The minimum atomic E-state index is -0.0888. The maximum Gasteiger partial charge on any atom is 0.203 e. The fraction of sp³-hybridized carbons (Fsp3) is 0.182. The standard InChI is InChI=1S/C22H21ClN2O3/c1-3-25-20(12-13-24-25)21(26)10-4-16-5-11-22(27-2)17(14-16)15-28-19-8-6-18(23)7-9-19/h4-14H,3,15H2,1-2H3/b10-4+. The predicted octanol–water partition coefficient (Wildman–Crippen LogP) is 5.04. The van der Waals surface area contributed by atoms with Crippen molar-refractivity contribution in [2.75, 3.05) is 7.11 Å². The first-order chi connectivity index (χ1) is 13.6. The molecule has 5 nitrogen and oxygen atoms in total. The zero-order valence-corrected chi connectivity index (χ0v) is 16.5. The SMILES string of the molecule is CCn1nccc1C(=O)/C=C/c1ccc(OC)c(COc2ccc(Cl)cc2)c1. The number of hydrogen-bond acceptors (Lipinski definition) is 4. The minimum absolute atomic E-state index is 0.0888. The van der Waals surface area contributed by atoms with Crippen molar-refractivity contribution in [3.05, 3.63) is 82.6 Å². The van der Waals surface area contributed by atoms with Gasteiger partial charge in [-0.25, -0.2) is 0 Å². The van der Waals surface area contributed by atoms with E-state index in [1.165, 1.54) is 0 Å². The second kappa shape index (κ2) is 9.24. The van der Waals surface area contributed by atoms with Crippen molar-refractivity contribution in [1.29, 1.82) is 0 Å². The summed E-state index contributed by atoms with van der Waals surface area (Å²) in [5, 5.41) is 4.79. The molecule has 0 atom stereocenters. The molecular formula is C22H21ClN2O3. The van der Waals surface area contributed by atoms with Gasteiger partial charge in [0.25, 0.3) is 0 Å². The monoisotopic (exact) mass is 396 g/mol. The summed E-state index contributed by atoms with van der Waals surface area (Å²) in [6.07, 6.45) is 4.96. The Hall–Kier alpha value is -3.05. The molecule has 2 aromatic carbocycles. The van der Waals surface area contributed by atoms with E-state index >= 15 is 0 Å². The molecule has 3 rings (SSSR count). The van der Waals surface area contributed by atoms with Crippen LogP contribution < -0.4 is 9.47 Å². The van der Waals surface area contributed by atoms with Crippen LogP contribution in [-0.4, -0.2) is 22.7 Å². The van der Waals surface area contributed by atoms with Crippen LogP contribution in [0.4, 0.5) is 0 Å². The number of carbonyl (C=O) groups is 1. The van der Waals surface area contributed by atoms with Crippen LogP contribution in [0.5, 0.6) is 11.5 Å². The Balaban J connectivity index is 1.74. The van der Waals surface area contributed by atoms with Crippen molar-refractivity contribution in [3.63, 3.8) is 0 Å². The summed E-state index contributed by atoms with van der Waals surface area (Å²) in [5.41, 5.74) is 2.33. The number of methoxy groups -OCH3 is 1. The van der Waals surface area contributed by atoms with Gasteiger partial charge in [0.15, 0.2) is 0 Å². The molecule has 0 unspecified atom stereocenters. The van der Waals surface area contributed by atoms with Crippen molar-refractivity contribution in [2.24, 2.45) is 0 Å². The molecule has 1 heterocycles. The Morgan fingerprint density at radius 2 is 1.96 bits per heavy atom. The fourth-order valence-electron chi connectivity index (χ4n) is 2.76. The smallest absolute Gasteiger partial charge is 0.203 e. The lowest BCUT2D eigenvalue weighted by Gasteiger charge is -2.11. The van der Waals surface area contributed by atoms with E-state index < -0.39 is 0 Å². The molecule has 0 aliphatic rings. The lowest BCUT2D eigenvalue weighted by Crippen LogP contribution is -2.07. The molecule has 0 aliphatic carbocycles. The summed E-state index contributed by atoms with van der Waals surface area (Å²) < 4.78 is 12.9. The zero-order chi connectivity index (χ0) is 19.9. The first kappa shape index (κ1) is 19.7. The van der Waals surface area contributed by atoms with E-state index in [9.17, 15) is 4.79 Å². The molecular weight excluding hydrogens is 376 g/mol. The van der Waals surface area contributed by atoms with Crippen LogP contribution in [0.25, 0.3) is 6.08 Å². The average Bonchev–Trinajstić information content (AvgIpc) is 3.20. The number of rotatable bonds is 8. The molecule has 144 valence electrons. The number of ketones is 1. The average molecular weight is 397 g/mol. The van der Waals surface area contributed by atoms with Crippen LogP contribution >= 0.6 is 11.6 Å². The zero-order valence-electron chi connectivity index (χ0n) is 15.8. The number of benzene rings is 2. The topological polar surface area (TPSA) is 53.4 Å². The Labute approximate surface area is 169 Å². The quantitative estimate of drug-likeness (QED) is 0.395. The van der Waals surface area contributed by atoms with Gasteiger partial charge in [-0.3, -0.25) is 9.48 Å². The number of carbonyl (C=O) groups excluding carboxylic acids is 1. The van der Waals surface area contributed by atoms with Gasteiger partial charge in [0, 0.05) is 23.3 Å². The van der Waals surface area contributed by atoms with Crippen molar-refractivity contribution >= 4 is 23.5 Å². The number of nitrogens with zero attached hydrogens (tertiary/aromatic N) is 2. The van der Waals surface area contributed by atoms with E-state index in [0.29, 0.717) is 23.9 Å². The highest BCUT2D eigenvalue weighted by Crippen LogP contribution is 2.24. The largest absolute Gasteiger partial charge is 0.496 e. The summed E-state index contributed by atoms with van der Waals surface area (Å²) in [4.78, 5) is 12.4. The summed E-state index contributed by atoms with van der Waals surface area (Å²) in [6, 6.07) is 14.6. The maximum absolute atomic E-state index is 12.4. The van der Waals surface area contributed by atoms with Gasteiger partial charge in [0.05, 0.1) is 7.11 Å². The van der Waals surface area contributed by atoms with Crippen molar-refractivity contribution in [1.82, 2.24) is 9.78 Å². The summed E-state index contributed by atoms with van der Waals surface area (Å²) >= 11 is 5.90. The maximum atomic E-state index is 12.4. The fourth-order valence-corrected chi connectivity index (χ4v) is 2.88. The first-order valence-corrected chi connectivity index (χ1v) is 9.28. The Morgan fingerprint density at radius 3 is 2.68 bits per heavy atom. The molecule has 6 heteroatoms. The number of halogens is 1. The lowest BCUT2D eigenvalue weighted by molar-refractivity contribution is 0.103. The lowest BCUT2D eigenvalue weighted by atomic mass is 10.1. The van der Waals surface area contributed by atoms with Gasteiger partial charge < -0.3 is 9.47 Å². The molecule has 0 aliphatic heterocycles. The van der Waals surface area contributed by atoms with Crippen LogP contribution in [0.15, 0.2) is 60.8 Å². The van der Waals surface area contributed by atoms with Gasteiger partial charge >= 0.3 is 0 Å². The molecule has 28 heavy (non-hydrogen) atoms. The van der Waals surface area contributed by atoms with Crippen LogP contribution in [0.3, 0.4) is 0 Å². The summed E-state index contributed by atoms with van der Waals surface area (Å²) in [5.74, 6) is 1.35. The third-order valence-electron chi connectivity index (χ3n) is 4.21. The first-order valence-electron chi connectivity index (χ1n) is 8.90. The van der Waals surface area contributed by atoms with E-state index in [2.05, 4.69) is 5.10 Å². The van der Waals surface area contributed by atoms with E-state index in [0.717, 1.165) is 22.6 Å². The Kier molecular flexibility index (Phi) is 6.50. The number of ether oxygens (including phenoxy) is 2. The molecule has 3 aromatic rings. The highest BCUT2D eigenvalue weighted by atomic mass is 35.5. The molecule has 0 spiro atoms. The highest BCUT2D eigenvalue weighted by Gasteiger charge is 2.09. The summed E-state index contributed by atoms with van der Waals surface area (Å²) in [7, 11) is 1.62. The van der Waals surface area contributed by atoms with Crippen LogP contribution in [0, 0.1) is 0 Å². The van der Waals surface area contributed by atoms with E-state index in [1.54, 1.807) is 48.3 Å². The van der Waals surface area contributed by atoms with E-state index in [-0.39, 0.29) is 5.78 Å². The van der Waals surface area contributed by atoms with Crippen molar-refractivity contribution < 1.29 is 14.3 Å². The van der Waals surface area contributed by atoms with E-state index in [4.69, 9.17) is 21.1 Å². The number of hydrogen-bond donors (Lipinski definition) is 0. The summed E-state index contributed by atoms with van der Waals surface area (Å²) in [6.45, 7) is 2.93. The van der Waals surface area contributed by atoms with Gasteiger partial charge in [0.2, 0.25) is 5.78 Å². The molecule has 0 bridgehead atoms. The Morgan fingerprint density at radius 1 is 1.18 bits per heavy atom. The van der Waals surface area contributed by atoms with Crippen LogP contribution in [0.1, 0.15) is 28.5 Å². The molecule has 0 amide bonds. The van der Waals surface area contributed by atoms with Crippen molar-refractivity contribution in [2.45, 2.75) is 20.1 Å². The highest BCUT2D eigenvalue weighted by molar-refractivity contribution is 6.30. The van der Waals surface area contributed by atoms with E-state index in [1.807, 2.05) is 37.3 Å². The number of aryl methyl sites for hydroxylation is 1.